The molecular weight excluding hydrogens is 413 g/mol. The summed E-state index contributed by atoms with van der Waals surface area (Å²) in [6, 6.07) is 8.54. The van der Waals surface area contributed by atoms with Crippen molar-refractivity contribution >= 4 is 11.9 Å². The van der Waals surface area contributed by atoms with Gasteiger partial charge in [0.2, 0.25) is 0 Å². The quantitative estimate of drug-likeness (QED) is 0.764. The van der Waals surface area contributed by atoms with Gasteiger partial charge in [0.05, 0.1) is 0 Å². The standard InChI is InChI=1S/C20H30N2O2.C2HF3O2/c1-17-7-6-8-19(15-17)24-16-20(23)22-13-9-18(10-14-22)21-11-4-2-3-5-12-21;3-2(4,5)1(6)7/h6-8,15,18H,2-5,9-14,16H2,1H3;(H,6,7). The Kier molecular flexibility index (Phi) is 9.61. The summed E-state index contributed by atoms with van der Waals surface area (Å²) in [5.74, 6) is -1.86. The molecule has 0 bridgehead atoms. The molecule has 1 aromatic carbocycles. The second-order valence-electron chi connectivity index (χ2n) is 7.97. The van der Waals surface area contributed by atoms with Gasteiger partial charge in [-0.3, -0.25) is 4.79 Å². The lowest BCUT2D eigenvalue weighted by molar-refractivity contribution is -0.192. The van der Waals surface area contributed by atoms with Crippen LogP contribution in [0.3, 0.4) is 0 Å². The zero-order valence-electron chi connectivity index (χ0n) is 17.9. The summed E-state index contributed by atoms with van der Waals surface area (Å²) < 4.78 is 37.4. The Hall–Kier alpha value is -2.29. The molecule has 0 atom stereocenters. The first-order valence-electron chi connectivity index (χ1n) is 10.7. The number of likely N-dealkylation sites (tertiary alicyclic amines) is 2. The van der Waals surface area contributed by atoms with Gasteiger partial charge in [0.25, 0.3) is 5.91 Å². The van der Waals surface area contributed by atoms with Crippen molar-refractivity contribution in [2.24, 2.45) is 0 Å². The van der Waals surface area contributed by atoms with Crippen molar-refractivity contribution in [3.05, 3.63) is 29.8 Å². The van der Waals surface area contributed by atoms with Gasteiger partial charge in [-0.1, -0.05) is 25.0 Å². The predicted octanol–water partition coefficient (Wildman–Crippen LogP) is 3.87. The second-order valence-corrected chi connectivity index (χ2v) is 7.97. The Bertz CT molecular complexity index is 711. The van der Waals surface area contributed by atoms with Gasteiger partial charge in [-0.05, 0) is 63.4 Å². The minimum atomic E-state index is -5.08. The first-order valence-corrected chi connectivity index (χ1v) is 10.7. The van der Waals surface area contributed by atoms with Crippen LogP contribution in [-0.4, -0.2) is 71.8 Å². The summed E-state index contributed by atoms with van der Waals surface area (Å²) >= 11 is 0. The molecule has 6 nitrogen and oxygen atoms in total. The van der Waals surface area contributed by atoms with Crippen molar-refractivity contribution in [1.82, 2.24) is 9.80 Å². The van der Waals surface area contributed by atoms with Gasteiger partial charge in [0.15, 0.2) is 6.61 Å². The van der Waals surface area contributed by atoms with Crippen molar-refractivity contribution in [1.29, 1.82) is 0 Å². The van der Waals surface area contributed by atoms with Crippen LogP contribution in [0.5, 0.6) is 5.75 Å². The number of amides is 1. The number of carbonyl (C=O) groups is 2. The highest BCUT2D eigenvalue weighted by Gasteiger charge is 2.38. The molecular formula is C22H31F3N2O4. The maximum atomic E-state index is 12.4. The number of rotatable bonds is 4. The normalized spacial score (nSPS) is 18.5. The van der Waals surface area contributed by atoms with E-state index in [1.54, 1.807) is 0 Å². The highest BCUT2D eigenvalue weighted by atomic mass is 19.4. The SMILES string of the molecule is Cc1cccc(OCC(=O)N2CCC(N3CCCCCC3)CC2)c1.O=C(O)C(F)(F)F. The number of carbonyl (C=O) groups excluding carboxylic acids is 1. The molecule has 174 valence electrons. The van der Waals surface area contributed by atoms with Gasteiger partial charge < -0.3 is 19.6 Å². The van der Waals surface area contributed by atoms with E-state index in [1.165, 1.54) is 38.8 Å². The number of carboxylic acids is 1. The fourth-order valence-corrected chi connectivity index (χ4v) is 3.88. The Labute approximate surface area is 181 Å². The maximum absolute atomic E-state index is 12.4. The molecule has 1 aromatic rings. The minimum absolute atomic E-state index is 0.117. The average molecular weight is 444 g/mol. The zero-order valence-corrected chi connectivity index (χ0v) is 17.9. The van der Waals surface area contributed by atoms with Crippen LogP contribution in [0.1, 0.15) is 44.1 Å². The fourth-order valence-electron chi connectivity index (χ4n) is 3.88. The van der Waals surface area contributed by atoms with Crippen LogP contribution in [0.25, 0.3) is 0 Å². The largest absolute Gasteiger partial charge is 0.490 e. The predicted molar refractivity (Wildman–Crippen MR) is 110 cm³/mol. The number of hydrogen-bond donors (Lipinski definition) is 1. The highest BCUT2D eigenvalue weighted by molar-refractivity contribution is 5.77. The topological polar surface area (TPSA) is 70.1 Å². The van der Waals surface area contributed by atoms with Crippen molar-refractivity contribution in [2.45, 2.75) is 57.7 Å². The molecule has 0 spiro atoms. The van der Waals surface area contributed by atoms with Gasteiger partial charge in [0.1, 0.15) is 5.75 Å². The van der Waals surface area contributed by atoms with Crippen molar-refractivity contribution < 1.29 is 32.6 Å². The number of benzene rings is 1. The molecule has 0 aliphatic carbocycles. The number of hydrogen-bond acceptors (Lipinski definition) is 4. The monoisotopic (exact) mass is 444 g/mol. The number of aliphatic carboxylic acids is 1. The summed E-state index contributed by atoms with van der Waals surface area (Å²) in [5.41, 5.74) is 1.15. The summed E-state index contributed by atoms with van der Waals surface area (Å²) in [4.78, 5) is 25.9. The minimum Gasteiger partial charge on any atom is -0.484 e. The van der Waals surface area contributed by atoms with Crippen LogP contribution in [-0.2, 0) is 9.59 Å². The molecule has 2 saturated heterocycles. The molecule has 1 N–H and O–H groups in total. The van der Waals surface area contributed by atoms with Gasteiger partial charge in [-0.25, -0.2) is 4.79 Å². The first-order chi connectivity index (χ1) is 14.7. The first kappa shape index (κ1) is 25.0. The van der Waals surface area contributed by atoms with E-state index in [1.807, 2.05) is 36.1 Å². The Morgan fingerprint density at radius 2 is 1.65 bits per heavy atom. The van der Waals surface area contributed by atoms with Crippen LogP contribution in [0.4, 0.5) is 13.2 Å². The maximum Gasteiger partial charge on any atom is 0.490 e. The Balaban J connectivity index is 0.000000423. The van der Waals surface area contributed by atoms with E-state index in [-0.39, 0.29) is 12.5 Å². The van der Waals surface area contributed by atoms with E-state index < -0.39 is 12.1 Å². The molecule has 2 aliphatic heterocycles. The van der Waals surface area contributed by atoms with Crippen molar-refractivity contribution in [2.75, 3.05) is 32.8 Å². The molecule has 1 amide bonds. The lowest BCUT2D eigenvalue weighted by atomic mass is 10.0. The second kappa shape index (κ2) is 11.9. The van der Waals surface area contributed by atoms with Crippen molar-refractivity contribution in [3.63, 3.8) is 0 Å². The zero-order chi connectivity index (χ0) is 22.9. The van der Waals surface area contributed by atoms with Crippen LogP contribution in [0.15, 0.2) is 24.3 Å². The van der Waals surface area contributed by atoms with Gasteiger partial charge in [-0.15, -0.1) is 0 Å². The molecule has 2 fully saturated rings. The Morgan fingerprint density at radius 1 is 1.06 bits per heavy atom. The van der Waals surface area contributed by atoms with Crippen LogP contribution in [0, 0.1) is 6.92 Å². The van der Waals surface area contributed by atoms with E-state index in [4.69, 9.17) is 14.6 Å². The fraction of sp³-hybridized carbons (Fsp3) is 0.636. The molecule has 9 heteroatoms. The van der Waals surface area contributed by atoms with E-state index in [9.17, 15) is 18.0 Å². The number of aryl methyl sites for hydroxylation is 1. The summed E-state index contributed by atoms with van der Waals surface area (Å²) in [6.45, 7) is 6.42. The third-order valence-electron chi connectivity index (χ3n) is 5.57. The third-order valence-corrected chi connectivity index (χ3v) is 5.57. The highest BCUT2D eigenvalue weighted by Crippen LogP contribution is 2.21. The van der Waals surface area contributed by atoms with E-state index in [2.05, 4.69) is 4.90 Å². The van der Waals surface area contributed by atoms with Gasteiger partial charge in [0, 0.05) is 19.1 Å². The molecule has 0 saturated carbocycles. The van der Waals surface area contributed by atoms with E-state index >= 15 is 0 Å². The van der Waals surface area contributed by atoms with Crippen molar-refractivity contribution in [3.8, 4) is 5.75 Å². The smallest absolute Gasteiger partial charge is 0.484 e. The van der Waals surface area contributed by atoms with Crippen LogP contribution in [0.2, 0.25) is 0 Å². The third kappa shape index (κ3) is 8.77. The lowest BCUT2D eigenvalue weighted by Gasteiger charge is -2.38. The molecule has 0 radical (unpaired) electrons. The van der Waals surface area contributed by atoms with Gasteiger partial charge in [-0.2, -0.15) is 13.2 Å². The molecule has 2 aliphatic rings. The lowest BCUT2D eigenvalue weighted by Crippen LogP contribution is -2.48. The molecule has 31 heavy (non-hydrogen) atoms. The average Bonchev–Trinajstić information content (AvgIpc) is 3.01. The number of halogens is 3. The molecule has 2 heterocycles. The Morgan fingerprint density at radius 3 is 2.16 bits per heavy atom. The molecule has 3 rings (SSSR count). The summed E-state index contributed by atoms with van der Waals surface area (Å²) in [5, 5.41) is 7.12. The van der Waals surface area contributed by atoms with Crippen LogP contribution < -0.4 is 4.74 Å². The van der Waals surface area contributed by atoms with E-state index in [0.29, 0.717) is 6.04 Å². The van der Waals surface area contributed by atoms with Crippen LogP contribution >= 0.6 is 0 Å². The number of alkyl halides is 3. The number of ether oxygens (including phenoxy) is 1. The van der Waals surface area contributed by atoms with Gasteiger partial charge >= 0.3 is 12.1 Å². The van der Waals surface area contributed by atoms with E-state index in [0.717, 1.165) is 37.2 Å². The number of piperidine rings is 1. The molecule has 0 unspecified atom stereocenters. The number of nitrogens with zero attached hydrogens (tertiary/aromatic N) is 2. The number of carboxylic acid groups (broad SMARTS) is 1. The summed E-state index contributed by atoms with van der Waals surface area (Å²) in [6.07, 6.45) is 2.56. The summed E-state index contributed by atoms with van der Waals surface area (Å²) in [7, 11) is 0. The molecule has 0 aromatic heterocycles.